The molecule has 6 heterocycles. The molecule has 4 saturated heterocycles. The Bertz CT molecular complexity index is 1660. The second-order valence-corrected chi connectivity index (χ2v) is 14.9. The normalized spacial score (nSPS) is 26.2. The Morgan fingerprint density at radius 3 is 2.55 bits per heavy atom. The summed E-state index contributed by atoms with van der Waals surface area (Å²) in [7, 11) is 0. The smallest absolute Gasteiger partial charge is 0.409 e. The predicted molar refractivity (Wildman–Crippen MR) is 194 cm³/mol. The molecule has 10 nitrogen and oxygen atoms in total. The monoisotopic (exact) mass is 667 g/mol. The number of carbonyl (C=O) groups is 1. The van der Waals surface area contributed by atoms with Crippen LogP contribution in [0.5, 0.6) is 6.01 Å². The fourth-order valence-corrected chi connectivity index (χ4v) is 9.57. The molecule has 4 atom stereocenters. The highest BCUT2D eigenvalue weighted by Crippen LogP contribution is 2.43. The number of rotatable bonds is 10. The van der Waals surface area contributed by atoms with Gasteiger partial charge in [0, 0.05) is 67.5 Å². The van der Waals surface area contributed by atoms with Crippen LogP contribution in [-0.2, 0) is 24.1 Å². The Morgan fingerprint density at radius 1 is 0.980 bits per heavy atom. The van der Waals surface area contributed by atoms with E-state index >= 15 is 0 Å². The van der Waals surface area contributed by atoms with Crippen LogP contribution in [0.25, 0.3) is 10.8 Å². The molecule has 10 heteroatoms. The molecule has 2 unspecified atom stereocenters. The summed E-state index contributed by atoms with van der Waals surface area (Å²) in [6.45, 7) is 13.2. The number of amides is 1. The number of aryl methyl sites for hydroxylation is 1. The first-order valence-corrected chi connectivity index (χ1v) is 19.0. The van der Waals surface area contributed by atoms with Crippen LogP contribution < -0.4 is 19.9 Å². The van der Waals surface area contributed by atoms with Gasteiger partial charge in [0.05, 0.1) is 17.8 Å². The zero-order valence-corrected chi connectivity index (χ0v) is 29.6. The van der Waals surface area contributed by atoms with Crippen LogP contribution in [0.1, 0.15) is 76.1 Å². The van der Waals surface area contributed by atoms with E-state index in [0.29, 0.717) is 44.4 Å². The molecule has 0 saturated carbocycles. The highest BCUT2D eigenvalue weighted by atomic mass is 16.6. The number of aromatic nitrogens is 2. The number of nitrogens with zero attached hydrogens (tertiary/aromatic N) is 6. The lowest BCUT2D eigenvalue weighted by atomic mass is 9.95. The molecule has 0 radical (unpaired) electrons. The van der Waals surface area contributed by atoms with Gasteiger partial charge in [0.2, 0.25) is 0 Å². The second-order valence-electron chi connectivity index (χ2n) is 14.9. The van der Waals surface area contributed by atoms with Gasteiger partial charge in [0.1, 0.15) is 19.0 Å². The van der Waals surface area contributed by atoms with Crippen molar-refractivity contribution in [3.05, 3.63) is 53.2 Å². The van der Waals surface area contributed by atoms with Gasteiger partial charge in [-0.1, -0.05) is 37.3 Å². The number of carbonyl (C=O) groups excluding carboxylic acids is 1. The Labute approximate surface area is 291 Å². The first-order chi connectivity index (χ1) is 24.0. The van der Waals surface area contributed by atoms with E-state index in [9.17, 15) is 4.79 Å². The maximum atomic E-state index is 12.6. The van der Waals surface area contributed by atoms with Crippen LogP contribution in [0.15, 0.2) is 36.4 Å². The number of hydrogen-bond donors (Lipinski definition) is 1. The minimum atomic E-state index is -0.210. The van der Waals surface area contributed by atoms with E-state index < -0.39 is 0 Å². The molecule has 1 N–H and O–H groups in total. The SMILES string of the molecule is CCc1cccc2cccc(N3CCc4c(nc(OCC56CCCN5C(COC(=O)N(CC)CC)CC6)nc4N4C[C@H]5CC[C@@H](C4)N5)C3)c12. The molecule has 49 heavy (non-hydrogen) atoms. The molecule has 0 aliphatic carbocycles. The Hall–Kier alpha value is -3.63. The van der Waals surface area contributed by atoms with Gasteiger partial charge in [-0.2, -0.15) is 9.97 Å². The molecule has 4 fully saturated rings. The van der Waals surface area contributed by atoms with Crippen molar-refractivity contribution in [2.75, 3.05) is 62.3 Å². The third-order valence-electron chi connectivity index (χ3n) is 12.2. The molecular formula is C39H53N7O3. The van der Waals surface area contributed by atoms with Crippen molar-refractivity contribution in [3.8, 4) is 6.01 Å². The molecular weight excluding hydrogens is 614 g/mol. The summed E-state index contributed by atoms with van der Waals surface area (Å²) in [5.74, 6) is 1.08. The molecule has 1 aromatic heterocycles. The summed E-state index contributed by atoms with van der Waals surface area (Å²) >= 11 is 0. The first-order valence-electron chi connectivity index (χ1n) is 19.0. The largest absolute Gasteiger partial charge is 0.461 e. The summed E-state index contributed by atoms with van der Waals surface area (Å²) < 4.78 is 12.5. The van der Waals surface area contributed by atoms with Crippen molar-refractivity contribution in [2.24, 2.45) is 0 Å². The molecule has 1 amide bonds. The lowest BCUT2D eigenvalue weighted by Crippen LogP contribution is -2.52. The van der Waals surface area contributed by atoms with Gasteiger partial charge >= 0.3 is 12.1 Å². The molecule has 262 valence electrons. The van der Waals surface area contributed by atoms with E-state index in [1.807, 2.05) is 13.8 Å². The average Bonchev–Trinajstić information content (AvgIpc) is 3.81. The Morgan fingerprint density at radius 2 is 1.78 bits per heavy atom. The number of fused-ring (bicyclic) bond motifs is 5. The number of hydrogen-bond acceptors (Lipinski definition) is 9. The number of nitrogens with one attached hydrogen (secondary N) is 1. The van der Waals surface area contributed by atoms with Crippen LogP contribution >= 0.6 is 0 Å². The molecule has 5 aliphatic heterocycles. The van der Waals surface area contributed by atoms with Crippen LogP contribution in [0, 0.1) is 0 Å². The maximum absolute atomic E-state index is 12.6. The van der Waals surface area contributed by atoms with Crippen molar-refractivity contribution in [3.63, 3.8) is 0 Å². The van der Waals surface area contributed by atoms with Gasteiger partial charge in [0.15, 0.2) is 0 Å². The van der Waals surface area contributed by atoms with Gasteiger partial charge in [-0.25, -0.2) is 4.79 Å². The van der Waals surface area contributed by atoms with Gasteiger partial charge < -0.3 is 29.5 Å². The molecule has 0 spiro atoms. The lowest BCUT2D eigenvalue weighted by molar-refractivity contribution is 0.0449. The van der Waals surface area contributed by atoms with Crippen molar-refractivity contribution < 1.29 is 14.3 Å². The fourth-order valence-electron chi connectivity index (χ4n) is 9.57. The molecule has 3 aromatic rings. The average molecular weight is 668 g/mol. The molecule has 2 bridgehead atoms. The van der Waals surface area contributed by atoms with Crippen molar-refractivity contribution in [2.45, 2.75) is 102 Å². The zero-order chi connectivity index (χ0) is 33.5. The van der Waals surface area contributed by atoms with E-state index in [1.54, 1.807) is 4.90 Å². The van der Waals surface area contributed by atoms with Crippen LogP contribution in [0.4, 0.5) is 16.3 Å². The van der Waals surface area contributed by atoms with E-state index in [4.69, 9.17) is 19.4 Å². The topological polar surface area (TPSA) is 86.3 Å². The highest BCUT2D eigenvalue weighted by molar-refractivity contribution is 5.97. The van der Waals surface area contributed by atoms with Crippen molar-refractivity contribution >= 4 is 28.4 Å². The second kappa shape index (κ2) is 13.6. The highest BCUT2D eigenvalue weighted by Gasteiger charge is 2.50. The van der Waals surface area contributed by atoms with E-state index in [1.165, 1.54) is 40.4 Å². The van der Waals surface area contributed by atoms with Crippen LogP contribution in [-0.4, -0.2) is 102 Å². The quantitative estimate of drug-likeness (QED) is 0.299. The third-order valence-corrected chi connectivity index (χ3v) is 12.2. The van der Waals surface area contributed by atoms with Gasteiger partial charge in [-0.05, 0) is 88.8 Å². The predicted octanol–water partition coefficient (Wildman–Crippen LogP) is 5.55. The Balaban J connectivity index is 1.05. The van der Waals surface area contributed by atoms with Gasteiger partial charge in [-0.15, -0.1) is 0 Å². The van der Waals surface area contributed by atoms with Crippen LogP contribution in [0.3, 0.4) is 0 Å². The van der Waals surface area contributed by atoms with E-state index in [-0.39, 0.29) is 17.7 Å². The first kappa shape index (κ1) is 32.6. The number of benzene rings is 2. The summed E-state index contributed by atoms with van der Waals surface area (Å²) in [5.41, 5.74) is 5.00. The summed E-state index contributed by atoms with van der Waals surface area (Å²) in [4.78, 5) is 32.4. The molecule has 2 aromatic carbocycles. The van der Waals surface area contributed by atoms with Gasteiger partial charge in [0.25, 0.3) is 0 Å². The Kier molecular flexibility index (Phi) is 9.03. The molecule has 8 rings (SSSR count). The summed E-state index contributed by atoms with van der Waals surface area (Å²) in [5, 5.41) is 6.45. The number of ether oxygens (including phenoxy) is 2. The zero-order valence-electron chi connectivity index (χ0n) is 29.6. The minimum absolute atomic E-state index is 0.0641. The van der Waals surface area contributed by atoms with E-state index in [2.05, 4.69) is 63.3 Å². The standard InChI is InChI=1S/C39H53N7O3/c1-4-27-10-7-11-28-12-8-13-34(35(27)28)44-21-17-32-33(24-44)41-37(42-36(32)45-22-29-14-15-30(23-45)40-29)49-26-39-18-9-20-46(39)31(16-19-39)25-48-38(47)43(5-2)6-3/h7-8,10-13,29-31,40H,4-6,9,14-26H2,1-3H3/t29-,30+,31?,39?. The maximum Gasteiger partial charge on any atom is 0.409 e. The van der Waals surface area contributed by atoms with Crippen molar-refractivity contribution in [1.29, 1.82) is 0 Å². The number of piperazine rings is 1. The van der Waals surface area contributed by atoms with Crippen LogP contribution in [0.2, 0.25) is 0 Å². The lowest BCUT2D eigenvalue weighted by Gasteiger charge is -2.38. The number of anilines is 2. The summed E-state index contributed by atoms with van der Waals surface area (Å²) in [6, 6.07) is 15.2. The minimum Gasteiger partial charge on any atom is -0.461 e. The van der Waals surface area contributed by atoms with Gasteiger partial charge in [-0.3, -0.25) is 4.90 Å². The van der Waals surface area contributed by atoms with E-state index in [0.717, 1.165) is 82.8 Å². The van der Waals surface area contributed by atoms with Crippen molar-refractivity contribution in [1.82, 2.24) is 25.1 Å². The molecule has 5 aliphatic rings. The third kappa shape index (κ3) is 6.09. The summed E-state index contributed by atoms with van der Waals surface area (Å²) in [6.07, 6.45) is 8.43. The fraction of sp³-hybridized carbons (Fsp3) is 0.615.